The third kappa shape index (κ3) is 14.8. The number of rotatable bonds is 21. The zero-order chi connectivity index (χ0) is 36.6. The second kappa shape index (κ2) is 19.8. The van der Waals surface area contributed by atoms with E-state index in [4.69, 9.17) is 15.3 Å². The number of carbonyl (C=O) groups excluding carboxylic acids is 7. The van der Waals surface area contributed by atoms with Crippen molar-refractivity contribution in [1.82, 2.24) is 26.3 Å². The van der Waals surface area contributed by atoms with Crippen LogP contribution in [0.5, 0.6) is 0 Å². The molecule has 1 aliphatic heterocycles. The minimum Gasteiger partial charge on any atom is -0.392 e. The van der Waals surface area contributed by atoms with Gasteiger partial charge in [0.1, 0.15) is 12.1 Å². The van der Waals surface area contributed by atoms with Gasteiger partial charge in [-0.2, -0.15) is 0 Å². The predicted octanol–water partition coefficient (Wildman–Crippen LogP) is -0.260. The highest BCUT2D eigenvalue weighted by Crippen LogP contribution is 2.16. The van der Waals surface area contributed by atoms with Gasteiger partial charge in [0.25, 0.3) is 11.8 Å². The number of imide groups is 1. The fourth-order valence-corrected chi connectivity index (χ4v) is 4.58. The highest BCUT2D eigenvalue weighted by molar-refractivity contribution is 6.13. The van der Waals surface area contributed by atoms with Gasteiger partial charge in [-0.3, -0.25) is 38.5 Å². The van der Waals surface area contributed by atoms with Crippen LogP contribution in [0.3, 0.4) is 0 Å². The molecule has 0 bridgehead atoms. The van der Waals surface area contributed by atoms with E-state index in [2.05, 4.69) is 26.7 Å². The Morgan fingerprint density at radius 1 is 0.939 bits per heavy atom. The van der Waals surface area contributed by atoms with Gasteiger partial charge in [-0.15, -0.1) is 0 Å². The summed E-state index contributed by atoms with van der Waals surface area (Å²) in [6.07, 6.45) is 2.46. The molecule has 1 aromatic carbocycles. The molecule has 8 amide bonds. The zero-order valence-corrected chi connectivity index (χ0v) is 28.2. The number of amides is 8. The molecule has 0 aliphatic carbocycles. The number of benzene rings is 1. The first kappa shape index (κ1) is 40.3. The second-order valence-corrected chi connectivity index (χ2v) is 12.2. The lowest BCUT2D eigenvalue weighted by molar-refractivity contribution is -0.140. The number of nitrogens with two attached hydrogens (primary N) is 1. The Kier molecular flexibility index (Phi) is 16.3. The number of ether oxygens (including phenoxy) is 1. The molecule has 8 N–H and O–H groups in total. The molecule has 270 valence electrons. The summed E-state index contributed by atoms with van der Waals surface area (Å²) in [7, 11) is 0. The summed E-state index contributed by atoms with van der Waals surface area (Å²) >= 11 is 0. The molecular formula is C32H47N7O10. The average molecular weight is 690 g/mol. The van der Waals surface area contributed by atoms with Crippen molar-refractivity contribution in [2.24, 2.45) is 11.7 Å². The molecule has 0 spiro atoms. The van der Waals surface area contributed by atoms with Gasteiger partial charge in [-0.05, 0) is 50.3 Å². The summed E-state index contributed by atoms with van der Waals surface area (Å²) in [5.74, 6) is -3.44. The number of aliphatic hydroxyl groups excluding tert-OH is 1. The summed E-state index contributed by atoms with van der Waals surface area (Å²) in [6.45, 7) is 6.70. The van der Waals surface area contributed by atoms with Crippen molar-refractivity contribution in [3.63, 3.8) is 0 Å². The summed E-state index contributed by atoms with van der Waals surface area (Å²) in [5.41, 5.74) is 7.44. The Bertz CT molecular complexity index is 1350. The molecule has 0 radical (unpaired) electrons. The van der Waals surface area contributed by atoms with Gasteiger partial charge < -0.3 is 36.8 Å². The Morgan fingerprint density at radius 3 is 2.18 bits per heavy atom. The minimum absolute atomic E-state index is 0.00575. The SMILES string of the molecule is CC(C)[C@H](NC(=O)CC(C)(C)OCCONC(=O)CCN1C(=O)C=CC1=O)C(=O)N[C@@H](CCCNC(N)=O)C(=O)Nc1ccc(CO)cc1. The number of nitrogens with zero attached hydrogens (tertiary/aromatic N) is 1. The number of nitrogens with one attached hydrogen (secondary N) is 5. The smallest absolute Gasteiger partial charge is 0.312 e. The van der Waals surface area contributed by atoms with E-state index in [0.717, 1.165) is 17.1 Å². The molecule has 1 aromatic rings. The van der Waals surface area contributed by atoms with E-state index in [1.165, 1.54) is 0 Å². The van der Waals surface area contributed by atoms with E-state index in [9.17, 15) is 38.7 Å². The summed E-state index contributed by atoms with van der Waals surface area (Å²) < 4.78 is 5.74. The summed E-state index contributed by atoms with van der Waals surface area (Å²) in [6, 6.07) is 3.79. The number of hydrogen-bond donors (Lipinski definition) is 7. The van der Waals surface area contributed by atoms with Gasteiger partial charge in [-0.25, -0.2) is 10.3 Å². The molecule has 0 fully saturated rings. The molecule has 49 heavy (non-hydrogen) atoms. The van der Waals surface area contributed by atoms with E-state index in [-0.39, 0.29) is 58.1 Å². The van der Waals surface area contributed by atoms with Crippen LogP contribution in [0.15, 0.2) is 36.4 Å². The maximum absolute atomic E-state index is 13.4. The van der Waals surface area contributed by atoms with Gasteiger partial charge in [0, 0.05) is 37.3 Å². The van der Waals surface area contributed by atoms with Crippen LogP contribution in [-0.2, 0) is 44.9 Å². The lowest BCUT2D eigenvalue weighted by Crippen LogP contribution is -2.55. The van der Waals surface area contributed by atoms with Crippen molar-refractivity contribution < 1.29 is 48.2 Å². The monoisotopic (exact) mass is 689 g/mol. The normalized spacial score (nSPS) is 14.0. The van der Waals surface area contributed by atoms with Crippen LogP contribution < -0.4 is 32.5 Å². The number of primary amides is 1. The molecule has 17 heteroatoms. The summed E-state index contributed by atoms with van der Waals surface area (Å²) in [4.78, 5) is 91.7. The van der Waals surface area contributed by atoms with Crippen LogP contribution in [0.4, 0.5) is 10.5 Å². The van der Waals surface area contributed by atoms with Gasteiger partial charge in [0.2, 0.25) is 23.6 Å². The number of anilines is 1. The van der Waals surface area contributed by atoms with Gasteiger partial charge in [0.15, 0.2) is 0 Å². The van der Waals surface area contributed by atoms with E-state index < -0.39 is 59.2 Å². The highest BCUT2D eigenvalue weighted by atomic mass is 16.7. The van der Waals surface area contributed by atoms with Crippen LogP contribution in [-0.4, -0.2) is 95.5 Å². The average Bonchev–Trinajstić information content (AvgIpc) is 3.35. The van der Waals surface area contributed by atoms with Crippen molar-refractivity contribution in [3.8, 4) is 0 Å². The fourth-order valence-electron chi connectivity index (χ4n) is 4.58. The number of aliphatic hydroxyl groups is 1. The van der Waals surface area contributed by atoms with E-state index >= 15 is 0 Å². The molecule has 0 unspecified atom stereocenters. The van der Waals surface area contributed by atoms with Crippen molar-refractivity contribution in [2.75, 3.05) is 31.6 Å². The van der Waals surface area contributed by atoms with Crippen LogP contribution in [0.25, 0.3) is 0 Å². The number of carbonyl (C=O) groups is 7. The van der Waals surface area contributed by atoms with Gasteiger partial charge in [0.05, 0.1) is 31.8 Å². The zero-order valence-electron chi connectivity index (χ0n) is 28.2. The fraction of sp³-hybridized carbons (Fsp3) is 0.531. The Morgan fingerprint density at radius 2 is 1.59 bits per heavy atom. The first-order chi connectivity index (χ1) is 23.1. The van der Waals surface area contributed by atoms with Crippen molar-refractivity contribution in [3.05, 3.63) is 42.0 Å². The Hall–Kier alpha value is -4.87. The maximum Gasteiger partial charge on any atom is 0.312 e. The van der Waals surface area contributed by atoms with Crippen LogP contribution in [0.1, 0.15) is 58.9 Å². The van der Waals surface area contributed by atoms with Crippen LogP contribution in [0.2, 0.25) is 0 Å². The van der Waals surface area contributed by atoms with Crippen molar-refractivity contribution in [2.45, 2.75) is 77.7 Å². The first-order valence-electron chi connectivity index (χ1n) is 15.8. The van der Waals surface area contributed by atoms with Gasteiger partial charge in [-0.1, -0.05) is 26.0 Å². The lowest BCUT2D eigenvalue weighted by atomic mass is 10.00. The van der Waals surface area contributed by atoms with Crippen molar-refractivity contribution >= 4 is 47.2 Å². The maximum atomic E-state index is 13.4. The van der Waals surface area contributed by atoms with E-state index in [1.807, 2.05) is 0 Å². The van der Waals surface area contributed by atoms with Crippen molar-refractivity contribution in [1.29, 1.82) is 0 Å². The third-order valence-electron chi connectivity index (χ3n) is 7.18. The number of hydrogen-bond acceptors (Lipinski definition) is 10. The Balaban J connectivity index is 1.87. The molecule has 2 atom stereocenters. The highest BCUT2D eigenvalue weighted by Gasteiger charge is 2.31. The largest absolute Gasteiger partial charge is 0.392 e. The standard InChI is InChI=1S/C32H47N7O10/c1-20(2)28(30(46)36-23(6-5-14-34-31(33)47)29(45)35-22-9-7-21(19-40)8-10-22)37-25(42)18-32(3,4)48-16-17-49-38-24(41)13-15-39-26(43)11-12-27(39)44/h7-12,20,23,28,40H,5-6,13-19H2,1-4H3,(H,35,45)(H,36,46)(H,37,42)(H,38,41)(H3,33,34,47)/t23-,28-/m0/s1. The molecule has 1 aliphatic rings. The number of hydroxylamine groups is 1. The van der Waals surface area contributed by atoms with Gasteiger partial charge >= 0.3 is 6.03 Å². The van der Waals surface area contributed by atoms with E-state index in [0.29, 0.717) is 17.7 Å². The molecule has 17 nitrogen and oxygen atoms in total. The quantitative estimate of drug-likeness (QED) is 0.0506. The van der Waals surface area contributed by atoms with E-state index in [1.54, 1.807) is 52.0 Å². The predicted molar refractivity (Wildman–Crippen MR) is 176 cm³/mol. The molecule has 1 heterocycles. The molecule has 2 rings (SSSR count). The lowest BCUT2D eigenvalue weighted by Gasteiger charge is -2.28. The minimum atomic E-state index is -1.01. The number of urea groups is 1. The van der Waals surface area contributed by atoms with Crippen LogP contribution >= 0.6 is 0 Å². The molecule has 0 aromatic heterocycles. The molecule has 0 saturated carbocycles. The van der Waals surface area contributed by atoms with Crippen LogP contribution in [0, 0.1) is 5.92 Å². The topological polar surface area (TPSA) is 248 Å². The molecule has 0 saturated heterocycles. The third-order valence-corrected chi connectivity index (χ3v) is 7.18. The second-order valence-electron chi connectivity index (χ2n) is 12.2. The summed E-state index contributed by atoms with van der Waals surface area (Å²) in [5, 5.41) is 19.9. The first-order valence-corrected chi connectivity index (χ1v) is 15.8. The Labute approximate surface area is 284 Å². The molecular weight excluding hydrogens is 642 g/mol.